The van der Waals surface area contributed by atoms with Crippen molar-refractivity contribution in [2.24, 2.45) is 5.73 Å². The van der Waals surface area contributed by atoms with E-state index < -0.39 is 0 Å². The van der Waals surface area contributed by atoms with Crippen molar-refractivity contribution in [1.82, 2.24) is 4.98 Å². The lowest BCUT2D eigenvalue weighted by Crippen LogP contribution is -2.10. The fraction of sp³-hybridized carbons (Fsp3) is 0.333. The smallest absolute Gasteiger partial charge is 0.0642 e. The highest BCUT2D eigenvalue weighted by atomic mass is 14.8. The van der Waals surface area contributed by atoms with Crippen LogP contribution in [0.5, 0.6) is 0 Å². The van der Waals surface area contributed by atoms with E-state index in [0.29, 0.717) is 6.42 Å². The van der Waals surface area contributed by atoms with Crippen LogP contribution in [-0.2, 0) is 0 Å². The van der Waals surface area contributed by atoms with Crippen LogP contribution >= 0.6 is 0 Å². The van der Waals surface area contributed by atoms with Crippen LogP contribution in [0.25, 0.3) is 0 Å². The fourth-order valence-electron chi connectivity index (χ4n) is 0.965. The zero-order valence-corrected chi connectivity index (χ0v) is 6.99. The number of hydrogen-bond acceptors (Lipinski definition) is 3. The molecular weight excluding hydrogens is 150 g/mol. The van der Waals surface area contributed by atoms with Gasteiger partial charge in [-0.3, -0.25) is 4.98 Å². The lowest BCUT2D eigenvalue weighted by atomic mass is 10.1. The average molecular weight is 161 g/mol. The van der Waals surface area contributed by atoms with E-state index >= 15 is 0 Å². The Labute approximate surface area is 71.8 Å². The van der Waals surface area contributed by atoms with Crippen molar-refractivity contribution in [2.75, 3.05) is 0 Å². The van der Waals surface area contributed by atoms with Gasteiger partial charge in [-0.25, -0.2) is 0 Å². The van der Waals surface area contributed by atoms with Gasteiger partial charge in [0.25, 0.3) is 0 Å². The SMILES string of the molecule is Cc1ccnc(C(N)CC#N)c1. The van der Waals surface area contributed by atoms with Crippen LogP contribution in [0.3, 0.4) is 0 Å². The summed E-state index contributed by atoms with van der Waals surface area (Å²) in [6.07, 6.45) is 2.03. The lowest BCUT2D eigenvalue weighted by Gasteiger charge is -2.06. The largest absolute Gasteiger partial charge is 0.322 e. The molecule has 0 saturated carbocycles. The summed E-state index contributed by atoms with van der Waals surface area (Å²) >= 11 is 0. The standard InChI is InChI=1S/C9H11N3/c1-7-3-5-12-9(6-7)8(11)2-4-10/h3,5-6,8H,2,11H2,1H3. The Morgan fingerprint density at radius 2 is 2.50 bits per heavy atom. The maximum atomic E-state index is 8.41. The molecule has 0 spiro atoms. The van der Waals surface area contributed by atoms with E-state index in [4.69, 9.17) is 11.0 Å². The van der Waals surface area contributed by atoms with Crippen molar-refractivity contribution < 1.29 is 0 Å². The second-order valence-electron chi connectivity index (χ2n) is 2.73. The van der Waals surface area contributed by atoms with Gasteiger partial charge in [-0.15, -0.1) is 0 Å². The van der Waals surface area contributed by atoms with Crippen molar-refractivity contribution in [3.8, 4) is 6.07 Å². The minimum absolute atomic E-state index is 0.255. The lowest BCUT2D eigenvalue weighted by molar-refractivity contribution is 0.719. The van der Waals surface area contributed by atoms with Gasteiger partial charge in [0.05, 0.1) is 24.2 Å². The molecule has 2 N–H and O–H groups in total. The van der Waals surface area contributed by atoms with E-state index in [1.54, 1.807) is 6.20 Å². The number of aryl methyl sites for hydroxylation is 1. The van der Waals surface area contributed by atoms with Gasteiger partial charge in [-0.1, -0.05) is 0 Å². The first-order chi connectivity index (χ1) is 5.74. The predicted molar refractivity (Wildman–Crippen MR) is 46.1 cm³/mol. The van der Waals surface area contributed by atoms with Crippen molar-refractivity contribution in [2.45, 2.75) is 19.4 Å². The van der Waals surface area contributed by atoms with E-state index in [2.05, 4.69) is 4.98 Å². The Bertz CT molecular complexity index is 301. The van der Waals surface area contributed by atoms with Crippen molar-refractivity contribution >= 4 is 0 Å². The molecule has 0 amide bonds. The minimum Gasteiger partial charge on any atom is -0.322 e. The molecule has 12 heavy (non-hydrogen) atoms. The summed E-state index contributed by atoms with van der Waals surface area (Å²) in [7, 11) is 0. The van der Waals surface area contributed by atoms with Crippen LogP contribution in [0.2, 0.25) is 0 Å². The Morgan fingerprint density at radius 3 is 3.08 bits per heavy atom. The number of hydrogen-bond donors (Lipinski definition) is 1. The Kier molecular flexibility index (Phi) is 2.78. The topological polar surface area (TPSA) is 62.7 Å². The Morgan fingerprint density at radius 1 is 1.75 bits per heavy atom. The number of aromatic nitrogens is 1. The Balaban J connectivity index is 2.82. The van der Waals surface area contributed by atoms with Crippen LogP contribution in [0.15, 0.2) is 18.3 Å². The van der Waals surface area contributed by atoms with E-state index in [1.165, 1.54) is 0 Å². The van der Waals surface area contributed by atoms with E-state index in [0.717, 1.165) is 11.3 Å². The molecule has 1 rings (SSSR count). The summed E-state index contributed by atoms with van der Waals surface area (Å²) < 4.78 is 0. The number of rotatable bonds is 2. The second kappa shape index (κ2) is 3.84. The van der Waals surface area contributed by atoms with Gasteiger partial charge in [-0.05, 0) is 24.6 Å². The van der Waals surface area contributed by atoms with Gasteiger partial charge in [0.1, 0.15) is 0 Å². The molecule has 0 fully saturated rings. The molecule has 3 nitrogen and oxygen atoms in total. The molecule has 1 unspecified atom stereocenters. The number of pyridine rings is 1. The normalized spacial score (nSPS) is 12.1. The predicted octanol–water partition coefficient (Wildman–Crippen LogP) is 1.30. The third kappa shape index (κ3) is 2.04. The Hall–Kier alpha value is -1.40. The maximum absolute atomic E-state index is 8.41. The quantitative estimate of drug-likeness (QED) is 0.711. The zero-order chi connectivity index (χ0) is 8.97. The third-order valence-corrected chi connectivity index (χ3v) is 1.63. The van der Waals surface area contributed by atoms with Crippen LogP contribution in [0, 0.1) is 18.3 Å². The van der Waals surface area contributed by atoms with E-state index in [1.807, 2.05) is 25.1 Å². The molecular formula is C9H11N3. The molecule has 1 aromatic rings. The summed E-state index contributed by atoms with van der Waals surface area (Å²) in [5.74, 6) is 0. The van der Waals surface area contributed by atoms with Crippen LogP contribution in [0.4, 0.5) is 0 Å². The molecule has 1 atom stereocenters. The average Bonchev–Trinajstić information content (AvgIpc) is 2.05. The molecule has 0 saturated heterocycles. The van der Waals surface area contributed by atoms with Crippen molar-refractivity contribution in [1.29, 1.82) is 5.26 Å². The molecule has 0 aliphatic heterocycles. The van der Waals surface area contributed by atoms with E-state index in [-0.39, 0.29) is 6.04 Å². The molecule has 0 aromatic carbocycles. The summed E-state index contributed by atoms with van der Waals surface area (Å²) in [4.78, 5) is 4.08. The molecule has 1 heterocycles. The van der Waals surface area contributed by atoms with Crippen molar-refractivity contribution in [3.63, 3.8) is 0 Å². The molecule has 0 bridgehead atoms. The highest BCUT2D eigenvalue weighted by Gasteiger charge is 2.05. The first-order valence-corrected chi connectivity index (χ1v) is 3.79. The molecule has 0 radical (unpaired) electrons. The molecule has 0 aliphatic rings. The third-order valence-electron chi connectivity index (χ3n) is 1.63. The fourth-order valence-corrected chi connectivity index (χ4v) is 0.965. The number of nitriles is 1. The highest BCUT2D eigenvalue weighted by Crippen LogP contribution is 2.11. The summed E-state index contributed by atoms with van der Waals surface area (Å²) in [6, 6.07) is 5.58. The zero-order valence-electron chi connectivity index (χ0n) is 6.99. The number of nitrogens with zero attached hydrogens (tertiary/aromatic N) is 2. The molecule has 1 aromatic heterocycles. The van der Waals surface area contributed by atoms with Crippen LogP contribution in [0.1, 0.15) is 23.7 Å². The summed E-state index contributed by atoms with van der Waals surface area (Å²) in [5.41, 5.74) is 7.60. The molecule has 3 heteroatoms. The summed E-state index contributed by atoms with van der Waals surface area (Å²) in [5, 5.41) is 8.41. The van der Waals surface area contributed by atoms with Gasteiger partial charge in [0, 0.05) is 6.20 Å². The minimum atomic E-state index is -0.255. The summed E-state index contributed by atoms with van der Waals surface area (Å²) in [6.45, 7) is 1.98. The van der Waals surface area contributed by atoms with Crippen LogP contribution in [-0.4, -0.2) is 4.98 Å². The first kappa shape index (κ1) is 8.69. The molecule has 62 valence electrons. The number of nitrogens with two attached hydrogens (primary N) is 1. The van der Waals surface area contributed by atoms with Gasteiger partial charge in [-0.2, -0.15) is 5.26 Å². The van der Waals surface area contributed by atoms with Crippen molar-refractivity contribution in [3.05, 3.63) is 29.6 Å². The van der Waals surface area contributed by atoms with Gasteiger partial charge >= 0.3 is 0 Å². The highest BCUT2D eigenvalue weighted by molar-refractivity contribution is 5.17. The molecule has 0 aliphatic carbocycles. The monoisotopic (exact) mass is 161 g/mol. The van der Waals surface area contributed by atoms with Gasteiger partial charge in [0.2, 0.25) is 0 Å². The van der Waals surface area contributed by atoms with Gasteiger partial charge < -0.3 is 5.73 Å². The van der Waals surface area contributed by atoms with E-state index in [9.17, 15) is 0 Å². The maximum Gasteiger partial charge on any atom is 0.0642 e. The van der Waals surface area contributed by atoms with Crippen LogP contribution < -0.4 is 5.73 Å². The van der Waals surface area contributed by atoms with Gasteiger partial charge in [0.15, 0.2) is 0 Å². The first-order valence-electron chi connectivity index (χ1n) is 3.79. The second-order valence-corrected chi connectivity index (χ2v) is 2.73.